The van der Waals surface area contributed by atoms with Gasteiger partial charge in [-0.3, -0.25) is 9.00 Å². The minimum absolute atomic E-state index is 0.368. The number of halogens is 3. The van der Waals surface area contributed by atoms with Gasteiger partial charge in [-0.25, -0.2) is 0 Å². The van der Waals surface area contributed by atoms with Crippen molar-refractivity contribution in [3.63, 3.8) is 0 Å². The summed E-state index contributed by atoms with van der Waals surface area (Å²) in [6, 6.07) is 7.29. The fourth-order valence-electron chi connectivity index (χ4n) is 3.35. The molecule has 1 atom stereocenters. The second kappa shape index (κ2) is 7.61. The lowest BCUT2D eigenvalue weighted by Gasteiger charge is -2.37. The molecule has 1 spiro atoms. The van der Waals surface area contributed by atoms with Gasteiger partial charge in [0.15, 0.2) is 0 Å². The Balaban J connectivity index is 1.54. The second-order valence-electron chi connectivity index (χ2n) is 6.96. The van der Waals surface area contributed by atoms with Crippen LogP contribution in [-0.4, -0.2) is 51.9 Å². The van der Waals surface area contributed by atoms with E-state index in [1.165, 1.54) is 4.90 Å². The van der Waals surface area contributed by atoms with Crippen molar-refractivity contribution in [2.75, 3.05) is 19.3 Å². The first-order valence-corrected chi connectivity index (χ1v) is 10.3. The minimum atomic E-state index is -4.32. The Bertz CT molecular complexity index is 754. The number of amides is 1. The third-order valence-electron chi connectivity index (χ3n) is 5.01. The summed E-state index contributed by atoms with van der Waals surface area (Å²) >= 11 is 0. The van der Waals surface area contributed by atoms with Gasteiger partial charge < -0.3 is 9.74 Å². The molecule has 0 aliphatic carbocycles. The minimum Gasteiger partial charge on any atom is -0.388 e. The van der Waals surface area contributed by atoms with Gasteiger partial charge in [0.1, 0.15) is 5.60 Å². The smallest absolute Gasteiger partial charge is 0.388 e. The molecule has 1 unspecified atom stereocenters. The predicted molar refractivity (Wildman–Crippen MR) is 94.8 cm³/mol. The summed E-state index contributed by atoms with van der Waals surface area (Å²) in [5.41, 5.74) is 1.19. The number of rotatable bonds is 4. The number of benzene rings is 1. The van der Waals surface area contributed by atoms with Crippen molar-refractivity contribution in [3.05, 3.63) is 29.8 Å². The lowest BCUT2D eigenvalue weighted by Crippen LogP contribution is -2.47. The highest BCUT2D eigenvalue weighted by molar-refractivity contribution is 7.84. The fourth-order valence-corrected chi connectivity index (χ4v) is 3.87. The largest absolute Gasteiger partial charge is 0.389 e. The van der Waals surface area contributed by atoms with Crippen molar-refractivity contribution in [1.82, 2.24) is 4.90 Å². The Kier molecular flexibility index (Phi) is 5.60. The zero-order chi connectivity index (χ0) is 19.7. The average molecular weight is 402 g/mol. The van der Waals surface area contributed by atoms with E-state index in [1.807, 2.05) is 12.1 Å². The molecule has 1 saturated heterocycles. The van der Waals surface area contributed by atoms with Gasteiger partial charge in [0.05, 0.1) is 12.1 Å². The molecule has 1 amide bonds. The van der Waals surface area contributed by atoms with Crippen molar-refractivity contribution in [2.45, 2.75) is 48.8 Å². The molecular weight excluding hydrogens is 381 g/mol. The van der Waals surface area contributed by atoms with Crippen molar-refractivity contribution < 1.29 is 27.0 Å². The van der Waals surface area contributed by atoms with Crippen molar-refractivity contribution in [2.24, 2.45) is 5.16 Å². The van der Waals surface area contributed by atoms with Crippen LogP contribution in [0.5, 0.6) is 0 Å². The van der Waals surface area contributed by atoms with Crippen LogP contribution in [0.4, 0.5) is 13.2 Å². The summed E-state index contributed by atoms with van der Waals surface area (Å²) in [6.07, 6.45) is -2.64. The number of carbonyl (C=O) groups is 1. The SMILES string of the molecule is CS(=O)c1ccc(C2=NOC3(CCN(C(=O)CCC(F)(F)F)CC3)C2)cc1. The highest BCUT2D eigenvalue weighted by Gasteiger charge is 2.43. The molecule has 0 bridgehead atoms. The molecule has 27 heavy (non-hydrogen) atoms. The molecule has 0 aromatic heterocycles. The van der Waals surface area contributed by atoms with Crippen LogP contribution in [0.3, 0.4) is 0 Å². The van der Waals surface area contributed by atoms with Crippen LogP contribution in [0.1, 0.15) is 37.7 Å². The van der Waals surface area contributed by atoms with Gasteiger partial charge in [-0.05, 0) is 17.7 Å². The van der Waals surface area contributed by atoms with Gasteiger partial charge in [0, 0.05) is 60.7 Å². The van der Waals surface area contributed by atoms with Crippen LogP contribution in [0.2, 0.25) is 0 Å². The second-order valence-corrected chi connectivity index (χ2v) is 8.34. The van der Waals surface area contributed by atoms with E-state index in [1.54, 1.807) is 18.4 Å². The van der Waals surface area contributed by atoms with E-state index in [0.717, 1.165) is 16.2 Å². The molecule has 9 heteroatoms. The molecule has 1 fully saturated rings. The Morgan fingerprint density at radius 1 is 1.26 bits per heavy atom. The van der Waals surface area contributed by atoms with Gasteiger partial charge in [0.2, 0.25) is 5.91 Å². The highest BCUT2D eigenvalue weighted by Crippen LogP contribution is 2.36. The summed E-state index contributed by atoms with van der Waals surface area (Å²) in [5, 5.41) is 4.18. The fraction of sp³-hybridized carbons (Fsp3) is 0.556. The van der Waals surface area contributed by atoms with Crippen LogP contribution in [0.25, 0.3) is 0 Å². The van der Waals surface area contributed by atoms with Crippen LogP contribution in [0.15, 0.2) is 34.3 Å². The molecular formula is C18H21F3N2O3S. The van der Waals surface area contributed by atoms with Crippen LogP contribution < -0.4 is 0 Å². The predicted octanol–water partition coefficient (Wildman–Crippen LogP) is 3.25. The van der Waals surface area contributed by atoms with E-state index >= 15 is 0 Å². The Hall–Kier alpha value is -1.90. The molecule has 1 aromatic carbocycles. The maximum Gasteiger partial charge on any atom is 0.389 e. The van der Waals surface area contributed by atoms with E-state index in [2.05, 4.69) is 5.16 Å². The van der Waals surface area contributed by atoms with Crippen molar-refractivity contribution in [1.29, 1.82) is 0 Å². The van der Waals surface area contributed by atoms with Crippen LogP contribution in [0, 0.1) is 0 Å². The van der Waals surface area contributed by atoms with Gasteiger partial charge in [0.25, 0.3) is 0 Å². The molecule has 0 N–H and O–H groups in total. The number of alkyl halides is 3. The molecule has 3 rings (SSSR count). The first-order chi connectivity index (χ1) is 12.7. The summed E-state index contributed by atoms with van der Waals surface area (Å²) < 4.78 is 48.3. The summed E-state index contributed by atoms with van der Waals surface area (Å²) in [5.74, 6) is -0.468. The molecule has 1 aromatic rings. The molecule has 2 heterocycles. The summed E-state index contributed by atoms with van der Waals surface area (Å²) in [6.45, 7) is 0.737. The zero-order valence-electron chi connectivity index (χ0n) is 14.9. The van der Waals surface area contributed by atoms with Crippen molar-refractivity contribution >= 4 is 22.4 Å². The van der Waals surface area contributed by atoms with Gasteiger partial charge in [-0.1, -0.05) is 17.3 Å². The molecule has 2 aliphatic rings. The molecule has 148 valence electrons. The van der Waals surface area contributed by atoms with Gasteiger partial charge >= 0.3 is 6.18 Å². The highest BCUT2D eigenvalue weighted by atomic mass is 32.2. The first-order valence-electron chi connectivity index (χ1n) is 8.71. The van der Waals surface area contributed by atoms with E-state index in [9.17, 15) is 22.2 Å². The summed E-state index contributed by atoms with van der Waals surface area (Å²) in [7, 11) is -1.04. The topological polar surface area (TPSA) is 59.0 Å². The molecule has 0 radical (unpaired) electrons. The molecule has 2 aliphatic heterocycles. The Labute approximate surface area is 158 Å². The number of hydrogen-bond donors (Lipinski definition) is 0. The third kappa shape index (κ3) is 4.88. The normalized spacial score (nSPS) is 20.3. The van der Waals surface area contributed by atoms with E-state index in [-0.39, 0.29) is 0 Å². The maximum absolute atomic E-state index is 12.3. The number of likely N-dealkylation sites (tertiary alicyclic amines) is 1. The average Bonchev–Trinajstić information content (AvgIpc) is 3.03. The van der Waals surface area contributed by atoms with E-state index < -0.39 is 41.3 Å². The van der Waals surface area contributed by atoms with Crippen molar-refractivity contribution in [3.8, 4) is 0 Å². The zero-order valence-corrected chi connectivity index (χ0v) is 15.7. The van der Waals surface area contributed by atoms with Crippen LogP contribution in [-0.2, 0) is 20.4 Å². The Morgan fingerprint density at radius 2 is 1.89 bits per heavy atom. The quantitative estimate of drug-likeness (QED) is 0.777. The number of oxime groups is 1. The number of hydrogen-bond acceptors (Lipinski definition) is 4. The number of nitrogens with zero attached hydrogens (tertiary/aromatic N) is 2. The number of carbonyl (C=O) groups excluding carboxylic acids is 1. The number of piperidine rings is 1. The lowest BCUT2D eigenvalue weighted by molar-refractivity contribution is -0.152. The van der Waals surface area contributed by atoms with Gasteiger partial charge in [-0.2, -0.15) is 13.2 Å². The standard InChI is InChI=1S/C18H21F3N2O3S/c1-27(25)14-4-2-13(3-5-14)15-12-17(26-22-15)8-10-23(11-9-17)16(24)6-7-18(19,20)21/h2-5H,6-12H2,1H3. The molecule has 5 nitrogen and oxygen atoms in total. The van der Waals surface area contributed by atoms with E-state index in [0.29, 0.717) is 32.4 Å². The molecule has 0 saturated carbocycles. The Morgan fingerprint density at radius 3 is 2.44 bits per heavy atom. The third-order valence-corrected chi connectivity index (χ3v) is 5.94. The van der Waals surface area contributed by atoms with E-state index in [4.69, 9.17) is 4.84 Å². The summed E-state index contributed by atoms with van der Waals surface area (Å²) in [4.78, 5) is 19.8. The lowest BCUT2D eigenvalue weighted by atomic mass is 9.85. The van der Waals surface area contributed by atoms with Crippen LogP contribution >= 0.6 is 0 Å². The maximum atomic E-state index is 12.3. The van der Waals surface area contributed by atoms with Gasteiger partial charge in [-0.15, -0.1) is 0 Å². The monoisotopic (exact) mass is 402 g/mol. The first kappa shape index (κ1) is 19.9.